The van der Waals surface area contributed by atoms with Crippen LogP contribution in [-0.4, -0.2) is 52.2 Å². The van der Waals surface area contributed by atoms with Gasteiger partial charge in [-0.3, -0.25) is 4.98 Å². The minimum atomic E-state index is -0.0631. The maximum Gasteiger partial charge on any atom is 0.150 e. The molecule has 34 heavy (non-hydrogen) atoms. The highest BCUT2D eigenvalue weighted by atomic mass is 16.5. The van der Waals surface area contributed by atoms with Crippen molar-refractivity contribution in [1.29, 1.82) is 0 Å². The van der Waals surface area contributed by atoms with E-state index in [1.165, 1.54) is 5.56 Å². The van der Waals surface area contributed by atoms with Crippen molar-refractivity contribution in [3.8, 4) is 22.5 Å². The van der Waals surface area contributed by atoms with Gasteiger partial charge in [0.25, 0.3) is 0 Å². The standard InChI is InChI=1S/C27H29N5O2/c1-19-18-33-16-14-31(19)24-17-22(20-7-3-2-4-8-20)21-10-12-28-27(26(21)30-24)23-11-13-29-32(23)25-9-5-6-15-34-25/h2-4,7-8,10-13,17,19,25H,5-6,9,14-16,18H2,1H3. The van der Waals surface area contributed by atoms with Gasteiger partial charge in [0.2, 0.25) is 0 Å². The Bertz CT molecular complexity index is 1280. The van der Waals surface area contributed by atoms with Gasteiger partial charge in [0.15, 0.2) is 6.23 Å². The van der Waals surface area contributed by atoms with Crippen LogP contribution in [0, 0.1) is 0 Å². The van der Waals surface area contributed by atoms with Crippen LogP contribution in [-0.2, 0) is 9.47 Å². The SMILES string of the molecule is CC1COCCN1c1cc(-c2ccccc2)c2ccnc(-c3ccnn3C3CCCCO3)c2n1. The number of nitrogens with zero attached hydrogens (tertiary/aromatic N) is 5. The maximum absolute atomic E-state index is 6.05. The van der Waals surface area contributed by atoms with Crippen LogP contribution in [0.25, 0.3) is 33.4 Å². The molecule has 2 atom stereocenters. The zero-order chi connectivity index (χ0) is 22.9. The summed E-state index contributed by atoms with van der Waals surface area (Å²) >= 11 is 0. The molecule has 0 radical (unpaired) electrons. The van der Waals surface area contributed by atoms with Gasteiger partial charge in [0.05, 0.1) is 24.9 Å². The van der Waals surface area contributed by atoms with Gasteiger partial charge in [-0.1, -0.05) is 30.3 Å². The smallest absolute Gasteiger partial charge is 0.150 e. The third-order valence-electron chi connectivity index (χ3n) is 6.80. The number of fused-ring (bicyclic) bond motifs is 1. The zero-order valence-electron chi connectivity index (χ0n) is 19.4. The quantitative estimate of drug-likeness (QED) is 0.427. The number of pyridine rings is 2. The van der Waals surface area contributed by atoms with Crippen LogP contribution in [0.3, 0.4) is 0 Å². The first kappa shape index (κ1) is 21.3. The molecule has 0 spiro atoms. The molecule has 7 nitrogen and oxygen atoms in total. The molecule has 0 bridgehead atoms. The topological polar surface area (TPSA) is 65.3 Å². The van der Waals surface area contributed by atoms with Crippen molar-refractivity contribution in [1.82, 2.24) is 19.7 Å². The minimum absolute atomic E-state index is 0.0631. The average molecular weight is 456 g/mol. The van der Waals surface area contributed by atoms with Crippen LogP contribution in [0.2, 0.25) is 0 Å². The summed E-state index contributed by atoms with van der Waals surface area (Å²) in [7, 11) is 0. The molecule has 3 aromatic heterocycles. The average Bonchev–Trinajstić information content (AvgIpc) is 3.39. The fraction of sp³-hybridized carbons (Fsp3) is 0.370. The molecular weight excluding hydrogens is 426 g/mol. The van der Waals surface area contributed by atoms with Crippen LogP contribution in [0.1, 0.15) is 32.4 Å². The molecule has 4 aromatic rings. The molecule has 2 aliphatic heterocycles. The molecule has 174 valence electrons. The first-order chi connectivity index (χ1) is 16.8. The lowest BCUT2D eigenvalue weighted by Gasteiger charge is -2.34. The number of aromatic nitrogens is 4. The fourth-order valence-electron chi connectivity index (χ4n) is 5.04. The van der Waals surface area contributed by atoms with Crippen LogP contribution in [0.15, 0.2) is 60.9 Å². The largest absolute Gasteiger partial charge is 0.377 e. The van der Waals surface area contributed by atoms with E-state index in [0.717, 1.165) is 66.1 Å². The Morgan fingerprint density at radius 2 is 1.91 bits per heavy atom. The Kier molecular flexibility index (Phi) is 5.73. The summed E-state index contributed by atoms with van der Waals surface area (Å²) < 4.78 is 13.7. The van der Waals surface area contributed by atoms with Crippen molar-refractivity contribution in [2.45, 2.75) is 38.5 Å². The van der Waals surface area contributed by atoms with Crippen molar-refractivity contribution < 1.29 is 9.47 Å². The highest BCUT2D eigenvalue weighted by molar-refractivity contribution is 6.01. The maximum atomic E-state index is 6.05. The number of anilines is 1. The first-order valence-corrected chi connectivity index (χ1v) is 12.1. The molecule has 2 aliphatic rings. The van der Waals surface area contributed by atoms with Crippen molar-refractivity contribution >= 4 is 16.7 Å². The molecule has 2 unspecified atom stereocenters. The highest BCUT2D eigenvalue weighted by Crippen LogP contribution is 2.37. The Morgan fingerprint density at radius 1 is 1.00 bits per heavy atom. The molecular formula is C27H29N5O2. The number of hydrogen-bond donors (Lipinski definition) is 0. The lowest BCUT2D eigenvalue weighted by Crippen LogP contribution is -2.44. The van der Waals surface area contributed by atoms with Crippen molar-refractivity contribution in [3.05, 3.63) is 60.9 Å². The lowest BCUT2D eigenvalue weighted by molar-refractivity contribution is -0.0383. The van der Waals surface area contributed by atoms with E-state index in [1.54, 1.807) is 0 Å². The molecule has 0 aliphatic carbocycles. The van der Waals surface area contributed by atoms with Crippen LogP contribution >= 0.6 is 0 Å². The predicted molar refractivity (Wildman–Crippen MR) is 133 cm³/mol. The molecule has 2 fully saturated rings. The van der Waals surface area contributed by atoms with E-state index < -0.39 is 0 Å². The van der Waals surface area contributed by atoms with E-state index in [4.69, 9.17) is 19.4 Å². The van der Waals surface area contributed by atoms with Crippen molar-refractivity contribution in [3.63, 3.8) is 0 Å². The van der Waals surface area contributed by atoms with Gasteiger partial charge in [-0.25, -0.2) is 9.67 Å². The predicted octanol–water partition coefficient (Wildman–Crippen LogP) is 5.08. The molecule has 5 heterocycles. The highest BCUT2D eigenvalue weighted by Gasteiger charge is 2.25. The minimum Gasteiger partial charge on any atom is -0.377 e. The van der Waals surface area contributed by atoms with E-state index in [2.05, 4.69) is 53.3 Å². The summed E-state index contributed by atoms with van der Waals surface area (Å²) in [5.74, 6) is 0.955. The second kappa shape index (κ2) is 9.16. The molecule has 7 heteroatoms. The molecule has 2 saturated heterocycles. The number of ether oxygens (including phenoxy) is 2. The van der Waals surface area contributed by atoms with Gasteiger partial charge in [-0.05, 0) is 55.5 Å². The van der Waals surface area contributed by atoms with Crippen molar-refractivity contribution in [2.75, 3.05) is 31.3 Å². The van der Waals surface area contributed by atoms with Gasteiger partial charge in [-0.2, -0.15) is 5.10 Å². The molecule has 0 amide bonds. The van der Waals surface area contributed by atoms with Gasteiger partial charge in [-0.15, -0.1) is 0 Å². The lowest BCUT2D eigenvalue weighted by atomic mass is 10.00. The summed E-state index contributed by atoms with van der Waals surface area (Å²) in [5.41, 5.74) is 4.98. The summed E-state index contributed by atoms with van der Waals surface area (Å²) in [6.07, 6.45) is 6.85. The number of rotatable bonds is 4. The molecule has 0 saturated carbocycles. The monoisotopic (exact) mass is 455 g/mol. The van der Waals surface area contributed by atoms with Gasteiger partial charge < -0.3 is 14.4 Å². The first-order valence-electron chi connectivity index (χ1n) is 12.1. The van der Waals surface area contributed by atoms with Crippen LogP contribution in [0.5, 0.6) is 0 Å². The fourth-order valence-corrected chi connectivity index (χ4v) is 5.04. The second-order valence-electron chi connectivity index (χ2n) is 9.05. The van der Waals surface area contributed by atoms with E-state index in [-0.39, 0.29) is 12.3 Å². The number of benzene rings is 1. The normalized spacial score (nSPS) is 21.1. The summed E-state index contributed by atoms with van der Waals surface area (Å²) in [6.45, 7) is 5.18. The van der Waals surface area contributed by atoms with Crippen LogP contribution < -0.4 is 4.90 Å². The van der Waals surface area contributed by atoms with Gasteiger partial charge in [0, 0.05) is 30.9 Å². The molecule has 6 rings (SSSR count). The van der Waals surface area contributed by atoms with E-state index in [9.17, 15) is 0 Å². The summed E-state index contributed by atoms with van der Waals surface area (Å²) in [6, 6.07) is 17.1. The molecule has 0 N–H and O–H groups in total. The Balaban J connectivity index is 1.56. The zero-order valence-corrected chi connectivity index (χ0v) is 19.4. The number of morpholine rings is 1. The number of hydrogen-bond acceptors (Lipinski definition) is 6. The van der Waals surface area contributed by atoms with Gasteiger partial charge >= 0.3 is 0 Å². The van der Waals surface area contributed by atoms with Crippen LogP contribution in [0.4, 0.5) is 5.82 Å². The molecule has 1 aromatic carbocycles. The summed E-state index contributed by atoms with van der Waals surface area (Å²) in [5, 5.41) is 5.71. The Morgan fingerprint density at radius 3 is 2.74 bits per heavy atom. The Hall–Kier alpha value is -3.29. The van der Waals surface area contributed by atoms with E-state index in [0.29, 0.717) is 13.2 Å². The Labute approximate surface area is 199 Å². The van der Waals surface area contributed by atoms with E-state index >= 15 is 0 Å². The summed E-state index contributed by atoms with van der Waals surface area (Å²) in [4.78, 5) is 12.4. The van der Waals surface area contributed by atoms with Crippen molar-refractivity contribution in [2.24, 2.45) is 0 Å². The third-order valence-corrected chi connectivity index (χ3v) is 6.80. The second-order valence-corrected chi connectivity index (χ2v) is 9.05. The third kappa shape index (κ3) is 3.85. The van der Waals surface area contributed by atoms with E-state index in [1.807, 2.05) is 29.2 Å². The van der Waals surface area contributed by atoms with Gasteiger partial charge in [0.1, 0.15) is 17.0 Å².